The number of unbranched alkanes of at least 4 members (excludes halogenated alkanes) is 18. The zero-order chi connectivity index (χ0) is 68.6. The molecule has 0 radical (unpaired) electrons. The number of carbonyl (C=O) groups excluding carboxylic acids is 4. The SMILES string of the molecule is C=COCCCCCCOc1ccc(C(=O)Oc2ccc(OC(=O)c3ccc(OCCCCCCOC=C)cc3)c(CCCCCCCCCc3cc(OC(=O)c4ccc(OCCCCCCOC=C)cc4)ccc3OC(=O)c3ccc(OCCCCCCOC=C)cc3)c2)cc1. The molecular formula is C81H100O16. The van der Waals surface area contributed by atoms with Gasteiger partial charge in [0.25, 0.3) is 0 Å². The van der Waals surface area contributed by atoms with E-state index >= 15 is 0 Å². The van der Waals surface area contributed by atoms with Gasteiger partial charge in [-0.15, -0.1) is 0 Å². The third-order valence-corrected chi connectivity index (χ3v) is 15.8. The summed E-state index contributed by atoms with van der Waals surface area (Å²) in [5, 5.41) is 0. The summed E-state index contributed by atoms with van der Waals surface area (Å²) in [7, 11) is 0. The Morgan fingerprint density at radius 2 is 0.464 bits per heavy atom. The number of hydrogen-bond donors (Lipinski definition) is 0. The summed E-state index contributed by atoms with van der Waals surface area (Å²) in [5.74, 6) is 2.00. The molecule has 0 amide bonds. The number of hydrogen-bond acceptors (Lipinski definition) is 16. The molecule has 0 aliphatic rings. The van der Waals surface area contributed by atoms with E-state index in [0.717, 1.165) is 159 Å². The van der Waals surface area contributed by atoms with E-state index < -0.39 is 23.9 Å². The van der Waals surface area contributed by atoms with E-state index in [0.29, 0.717) is 134 Å². The Balaban J connectivity index is 1.03. The minimum atomic E-state index is -0.525. The van der Waals surface area contributed by atoms with Gasteiger partial charge in [0.2, 0.25) is 0 Å². The lowest BCUT2D eigenvalue weighted by Gasteiger charge is -2.14. The topological polar surface area (TPSA) is 179 Å². The normalized spacial score (nSPS) is 10.7. The van der Waals surface area contributed by atoms with Crippen LogP contribution in [0.15, 0.2) is 185 Å². The molecule has 0 aliphatic heterocycles. The summed E-state index contributed by atoms with van der Waals surface area (Å²) in [6.45, 7) is 19.2. The van der Waals surface area contributed by atoms with Crippen molar-refractivity contribution in [1.82, 2.24) is 0 Å². The van der Waals surface area contributed by atoms with Crippen molar-refractivity contribution in [3.63, 3.8) is 0 Å². The fourth-order valence-corrected chi connectivity index (χ4v) is 10.4. The first-order chi connectivity index (χ1) is 47.7. The molecule has 0 unspecified atom stereocenters. The van der Waals surface area contributed by atoms with Crippen molar-refractivity contribution < 1.29 is 76.0 Å². The fraction of sp³-hybridized carbons (Fsp3) is 0.407. The molecule has 0 fully saturated rings. The lowest BCUT2D eigenvalue weighted by Crippen LogP contribution is -2.11. The van der Waals surface area contributed by atoms with Crippen LogP contribution >= 0.6 is 0 Å². The highest BCUT2D eigenvalue weighted by Gasteiger charge is 2.19. The molecule has 0 aromatic heterocycles. The highest BCUT2D eigenvalue weighted by atomic mass is 16.6. The van der Waals surface area contributed by atoms with Gasteiger partial charge in [0, 0.05) is 0 Å². The van der Waals surface area contributed by atoms with E-state index in [4.69, 9.17) is 56.8 Å². The molecule has 6 rings (SSSR count). The van der Waals surface area contributed by atoms with Crippen LogP contribution < -0.4 is 37.9 Å². The molecule has 6 aromatic rings. The van der Waals surface area contributed by atoms with Crippen LogP contribution in [0.3, 0.4) is 0 Å². The molecule has 0 atom stereocenters. The van der Waals surface area contributed by atoms with E-state index in [-0.39, 0.29) is 0 Å². The van der Waals surface area contributed by atoms with Crippen LogP contribution in [0.25, 0.3) is 0 Å². The number of benzene rings is 6. The maximum absolute atomic E-state index is 13.6. The van der Waals surface area contributed by atoms with Gasteiger partial charge in [0.05, 0.1) is 100 Å². The standard InChI is InChI=1S/C81H100O16/c1-5-86-54-24-14-18-28-58-90-70-42-34-64(35-43-70)78(82)94-74-50-52-76(96-80(84)66-38-46-72(47-39-66)92-60-30-20-16-26-56-88-7-3)68(62-74)32-22-12-10-9-11-13-23-33-69-63-75(95-79(83)65-36-44-71(45-37-65)91-59-29-19-15-25-55-87-6-2)51-53-77(69)97-81(85)67-40-48-73(49-41-67)93-61-31-21-17-27-57-89-8-4/h5-8,34-53,62-63H,1-4,9-33,54-61H2. The summed E-state index contributed by atoms with van der Waals surface area (Å²) >= 11 is 0. The molecule has 0 spiro atoms. The van der Waals surface area contributed by atoms with Gasteiger partial charge in [-0.05, 0) is 273 Å². The Hall–Kier alpha value is -9.44. The van der Waals surface area contributed by atoms with Crippen LogP contribution in [0.2, 0.25) is 0 Å². The summed E-state index contributed by atoms with van der Waals surface area (Å²) in [5.41, 5.74) is 2.95. The Morgan fingerprint density at radius 1 is 0.247 bits per heavy atom. The van der Waals surface area contributed by atoms with Gasteiger partial charge >= 0.3 is 23.9 Å². The number of rotatable bonds is 54. The molecule has 0 saturated carbocycles. The molecule has 0 N–H and O–H groups in total. The molecule has 97 heavy (non-hydrogen) atoms. The first-order valence-electron chi connectivity index (χ1n) is 34.6. The number of ether oxygens (including phenoxy) is 12. The number of esters is 4. The summed E-state index contributed by atoms with van der Waals surface area (Å²) in [6.07, 6.45) is 28.9. The van der Waals surface area contributed by atoms with Gasteiger partial charge in [-0.2, -0.15) is 0 Å². The quantitative estimate of drug-likeness (QED) is 0.0152. The minimum absolute atomic E-state index is 0.330. The summed E-state index contributed by atoms with van der Waals surface area (Å²) < 4.78 is 68.4. The first-order valence-corrected chi connectivity index (χ1v) is 34.6. The van der Waals surface area contributed by atoms with Crippen molar-refractivity contribution in [2.75, 3.05) is 52.9 Å². The molecule has 0 aliphatic carbocycles. The smallest absolute Gasteiger partial charge is 0.343 e. The Labute approximate surface area is 574 Å². The van der Waals surface area contributed by atoms with Crippen molar-refractivity contribution in [2.45, 2.75) is 161 Å². The van der Waals surface area contributed by atoms with Crippen LogP contribution in [-0.4, -0.2) is 76.7 Å². The predicted molar refractivity (Wildman–Crippen MR) is 379 cm³/mol. The maximum Gasteiger partial charge on any atom is 0.343 e. The van der Waals surface area contributed by atoms with Crippen LogP contribution in [0.4, 0.5) is 0 Å². The molecule has 6 aromatic carbocycles. The second-order valence-electron chi connectivity index (χ2n) is 23.4. The van der Waals surface area contributed by atoms with Crippen LogP contribution in [-0.2, 0) is 31.8 Å². The molecule has 0 bridgehead atoms. The van der Waals surface area contributed by atoms with Gasteiger partial charge in [0.1, 0.15) is 46.0 Å². The zero-order valence-electron chi connectivity index (χ0n) is 56.7. The van der Waals surface area contributed by atoms with Crippen LogP contribution in [0, 0.1) is 0 Å². The van der Waals surface area contributed by atoms with Crippen molar-refractivity contribution >= 4 is 23.9 Å². The van der Waals surface area contributed by atoms with Gasteiger partial charge in [-0.3, -0.25) is 0 Å². The minimum Gasteiger partial charge on any atom is -0.502 e. The maximum atomic E-state index is 13.6. The highest BCUT2D eigenvalue weighted by Crippen LogP contribution is 2.31. The summed E-state index contributed by atoms with van der Waals surface area (Å²) in [6, 6.07) is 37.8. The third-order valence-electron chi connectivity index (χ3n) is 15.8. The van der Waals surface area contributed by atoms with Crippen molar-refractivity contribution in [3.8, 4) is 46.0 Å². The van der Waals surface area contributed by atoms with Crippen molar-refractivity contribution in [3.05, 3.63) is 218 Å². The molecule has 16 nitrogen and oxygen atoms in total. The average Bonchev–Trinajstić information content (AvgIpc) is 1.11. The molecular weight excluding hydrogens is 1230 g/mol. The van der Waals surface area contributed by atoms with E-state index in [1.165, 1.54) is 25.0 Å². The number of carbonyl (C=O) groups is 4. The Kier molecular flexibility index (Phi) is 37.5. The lowest BCUT2D eigenvalue weighted by atomic mass is 10.0. The first kappa shape index (κ1) is 76.6. The molecule has 0 saturated heterocycles. The van der Waals surface area contributed by atoms with Crippen molar-refractivity contribution in [1.29, 1.82) is 0 Å². The van der Waals surface area contributed by atoms with Crippen molar-refractivity contribution in [2.24, 2.45) is 0 Å². The predicted octanol–water partition coefficient (Wildman–Crippen LogP) is 19.5. The van der Waals surface area contributed by atoms with E-state index in [9.17, 15) is 19.2 Å². The lowest BCUT2D eigenvalue weighted by molar-refractivity contribution is 0.0718. The van der Waals surface area contributed by atoms with E-state index in [2.05, 4.69) is 26.3 Å². The highest BCUT2D eigenvalue weighted by molar-refractivity contribution is 5.93. The third kappa shape index (κ3) is 31.3. The summed E-state index contributed by atoms with van der Waals surface area (Å²) in [4.78, 5) is 54.2. The van der Waals surface area contributed by atoms with Gasteiger partial charge < -0.3 is 56.8 Å². The van der Waals surface area contributed by atoms with E-state index in [1.54, 1.807) is 133 Å². The van der Waals surface area contributed by atoms with E-state index in [1.807, 2.05) is 0 Å². The number of aryl methyl sites for hydroxylation is 2. The fourth-order valence-electron chi connectivity index (χ4n) is 10.4. The molecule has 520 valence electrons. The van der Waals surface area contributed by atoms with Gasteiger partial charge in [-0.25, -0.2) is 19.2 Å². The Bertz CT molecular complexity index is 3030. The molecule has 0 heterocycles. The molecule has 16 heteroatoms. The van der Waals surface area contributed by atoms with Gasteiger partial charge in [0.15, 0.2) is 0 Å². The average molecular weight is 1330 g/mol. The second kappa shape index (κ2) is 47.5. The Morgan fingerprint density at radius 3 is 0.722 bits per heavy atom. The zero-order valence-corrected chi connectivity index (χ0v) is 56.7. The van der Waals surface area contributed by atoms with Crippen LogP contribution in [0.5, 0.6) is 46.0 Å². The second-order valence-corrected chi connectivity index (χ2v) is 23.4. The monoisotopic (exact) mass is 1330 g/mol. The van der Waals surface area contributed by atoms with Crippen LogP contribution in [0.1, 0.15) is 200 Å². The van der Waals surface area contributed by atoms with Gasteiger partial charge in [-0.1, -0.05) is 58.4 Å². The largest absolute Gasteiger partial charge is 0.502 e.